The molecular weight excluding hydrogens is 460 g/mol. The van der Waals surface area contributed by atoms with Gasteiger partial charge in [-0.15, -0.1) is 0 Å². The normalized spacial score (nSPS) is 14.9. The van der Waals surface area contributed by atoms with Crippen molar-refractivity contribution >= 4 is 33.2 Å². The summed E-state index contributed by atoms with van der Waals surface area (Å²) in [5.74, 6) is -0.265. The third kappa shape index (κ3) is 5.01. The zero-order valence-electron chi connectivity index (χ0n) is 18.4. The molecule has 2 aromatic carbocycles. The minimum atomic E-state index is -4.00. The van der Waals surface area contributed by atoms with Crippen LogP contribution >= 0.6 is 0 Å². The number of aromatic nitrogens is 1. The van der Waals surface area contributed by atoms with Crippen LogP contribution in [0.3, 0.4) is 0 Å². The number of fused-ring (bicyclic) bond motifs is 1. The minimum Gasteiger partial charge on any atom is -0.489 e. The number of hydrogen-bond donors (Lipinski definition) is 3. The molecule has 1 aliphatic heterocycles. The molecule has 34 heavy (non-hydrogen) atoms. The van der Waals surface area contributed by atoms with Crippen molar-refractivity contribution in [2.75, 3.05) is 13.1 Å². The molecule has 4 rings (SSSR count). The van der Waals surface area contributed by atoms with Gasteiger partial charge in [-0.05, 0) is 43.3 Å². The lowest BCUT2D eigenvalue weighted by molar-refractivity contribution is -0.136. The van der Waals surface area contributed by atoms with Crippen molar-refractivity contribution in [2.45, 2.75) is 30.4 Å². The second-order valence-electron chi connectivity index (χ2n) is 8.31. The zero-order valence-corrected chi connectivity index (χ0v) is 19.2. The van der Waals surface area contributed by atoms with Crippen LogP contribution < -0.4 is 14.9 Å². The van der Waals surface area contributed by atoms with Crippen LogP contribution in [0.1, 0.15) is 17.7 Å². The summed E-state index contributed by atoms with van der Waals surface area (Å²) in [5, 5.41) is 9.80. The fourth-order valence-corrected chi connectivity index (χ4v) is 5.48. The van der Waals surface area contributed by atoms with Crippen molar-refractivity contribution in [3.8, 4) is 5.75 Å². The van der Waals surface area contributed by atoms with Crippen molar-refractivity contribution < 1.29 is 28.0 Å². The number of likely N-dealkylation sites (tertiary alicyclic amines) is 1. The molecule has 10 nitrogen and oxygen atoms in total. The van der Waals surface area contributed by atoms with Gasteiger partial charge in [-0.1, -0.05) is 18.2 Å². The largest absolute Gasteiger partial charge is 0.489 e. The maximum absolute atomic E-state index is 12.9. The van der Waals surface area contributed by atoms with Gasteiger partial charge in [-0.25, -0.2) is 18.6 Å². The van der Waals surface area contributed by atoms with Crippen molar-refractivity contribution in [2.24, 2.45) is 0 Å². The number of sulfonamides is 1. The monoisotopic (exact) mass is 484 g/mol. The van der Waals surface area contributed by atoms with E-state index in [9.17, 15) is 18.0 Å². The van der Waals surface area contributed by atoms with Crippen LogP contribution in [0.4, 0.5) is 0 Å². The Hall–Kier alpha value is -3.54. The number of amides is 2. The van der Waals surface area contributed by atoms with Crippen LogP contribution in [0.25, 0.3) is 10.9 Å². The summed E-state index contributed by atoms with van der Waals surface area (Å²) in [6.07, 6.45) is 0.261. The minimum absolute atomic E-state index is 0.0154. The van der Waals surface area contributed by atoms with Crippen LogP contribution in [-0.4, -0.2) is 54.5 Å². The van der Waals surface area contributed by atoms with E-state index in [4.69, 9.17) is 9.94 Å². The molecule has 0 aliphatic carbocycles. The van der Waals surface area contributed by atoms with Crippen LogP contribution in [0.2, 0.25) is 0 Å². The molecule has 0 atom stereocenters. The summed E-state index contributed by atoms with van der Waals surface area (Å²) in [6.45, 7) is 2.23. The van der Waals surface area contributed by atoms with Gasteiger partial charge in [0.25, 0.3) is 0 Å². The molecule has 11 heteroatoms. The second kappa shape index (κ2) is 9.37. The molecular formula is C23H24N4O6S. The van der Waals surface area contributed by atoms with Crippen molar-refractivity contribution in [3.63, 3.8) is 0 Å². The van der Waals surface area contributed by atoms with Crippen molar-refractivity contribution in [3.05, 3.63) is 65.9 Å². The van der Waals surface area contributed by atoms with Gasteiger partial charge in [0.1, 0.15) is 12.4 Å². The number of nitrogens with zero attached hydrogens (tertiary/aromatic N) is 2. The molecule has 0 unspecified atom stereocenters. The van der Waals surface area contributed by atoms with Crippen molar-refractivity contribution in [1.29, 1.82) is 0 Å². The molecule has 1 aromatic heterocycles. The van der Waals surface area contributed by atoms with E-state index in [1.807, 2.05) is 37.3 Å². The Labute approximate surface area is 196 Å². The highest BCUT2D eigenvalue weighted by Gasteiger charge is 2.47. The van der Waals surface area contributed by atoms with E-state index in [2.05, 4.69) is 9.71 Å². The lowest BCUT2D eigenvalue weighted by atomic mass is 9.88. The highest BCUT2D eigenvalue weighted by atomic mass is 32.2. The predicted molar refractivity (Wildman–Crippen MR) is 122 cm³/mol. The Balaban J connectivity index is 1.47. The lowest BCUT2D eigenvalue weighted by Gasteiger charge is -2.47. The van der Waals surface area contributed by atoms with Crippen LogP contribution in [0.15, 0.2) is 59.5 Å². The molecule has 0 bridgehead atoms. The quantitative estimate of drug-likeness (QED) is 0.238. The molecule has 0 spiro atoms. The van der Waals surface area contributed by atoms with Crippen LogP contribution in [-0.2, 0) is 26.2 Å². The van der Waals surface area contributed by atoms with Gasteiger partial charge in [0.2, 0.25) is 22.3 Å². The molecule has 178 valence electrons. The molecule has 2 amide bonds. The number of hydroxylamine groups is 1. The van der Waals surface area contributed by atoms with E-state index in [-0.39, 0.29) is 31.0 Å². The first-order valence-corrected chi connectivity index (χ1v) is 12.0. The van der Waals surface area contributed by atoms with Gasteiger partial charge in [0.15, 0.2) is 0 Å². The highest BCUT2D eigenvalue weighted by Crippen LogP contribution is 2.27. The van der Waals surface area contributed by atoms with E-state index in [0.29, 0.717) is 12.2 Å². The summed E-state index contributed by atoms with van der Waals surface area (Å²) < 4.78 is 34.2. The number of rotatable bonds is 9. The first-order chi connectivity index (χ1) is 16.2. The lowest BCUT2D eigenvalue weighted by Crippen LogP contribution is -2.70. The Morgan fingerprint density at radius 3 is 2.59 bits per heavy atom. The fraction of sp³-hybridized carbons (Fsp3) is 0.261. The van der Waals surface area contributed by atoms with Crippen molar-refractivity contribution in [1.82, 2.24) is 20.1 Å². The standard InChI is InChI=1S/C23H24N4O6S/c1-16-10-17(20-4-2-3-5-21(20)24-16)12-33-18-6-8-19(9-7-18)34(31,32)26-23(11-22(29)25-30)13-27(14-23)15-28/h2-10,15,26,30H,11-14H2,1H3,(H,25,29). The number of carbonyl (C=O) groups excluding carboxylic acids is 2. The smallest absolute Gasteiger partial charge is 0.245 e. The molecule has 1 aliphatic rings. The number of aryl methyl sites for hydroxylation is 1. The zero-order chi connectivity index (χ0) is 24.3. The topological polar surface area (TPSA) is 138 Å². The van der Waals surface area contributed by atoms with E-state index in [1.54, 1.807) is 12.1 Å². The maximum Gasteiger partial charge on any atom is 0.245 e. The summed E-state index contributed by atoms with van der Waals surface area (Å²) in [6, 6.07) is 15.6. The van der Waals surface area contributed by atoms with Gasteiger partial charge in [-0.2, -0.15) is 0 Å². The van der Waals surface area contributed by atoms with Gasteiger partial charge in [-0.3, -0.25) is 19.8 Å². The molecule has 1 fully saturated rings. The Kier molecular flexibility index (Phi) is 6.51. The Bertz CT molecular complexity index is 1320. The molecule has 0 radical (unpaired) electrons. The number of benzene rings is 2. The third-order valence-corrected chi connectivity index (χ3v) is 7.19. The summed E-state index contributed by atoms with van der Waals surface area (Å²) >= 11 is 0. The van der Waals surface area contributed by atoms with Gasteiger partial charge in [0, 0.05) is 29.7 Å². The van der Waals surface area contributed by atoms with E-state index in [0.717, 1.165) is 22.2 Å². The average Bonchev–Trinajstić information content (AvgIpc) is 2.80. The number of carbonyl (C=O) groups is 2. The maximum atomic E-state index is 12.9. The molecule has 0 saturated carbocycles. The first kappa shape index (κ1) is 23.6. The van der Waals surface area contributed by atoms with E-state index < -0.39 is 21.5 Å². The Morgan fingerprint density at radius 1 is 1.21 bits per heavy atom. The van der Waals surface area contributed by atoms with Crippen LogP contribution in [0, 0.1) is 6.92 Å². The molecule has 3 aromatic rings. The van der Waals surface area contributed by atoms with E-state index in [1.165, 1.54) is 22.5 Å². The van der Waals surface area contributed by atoms with Crippen LogP contribution in [0.5, 0.6) is 5.75 Å². The van der Waals surface area contributed by atoms with Gasteiger partial charge < -0.3 is 9.64 Å². The van der Waals surface area contributed by atoms with E-state index >= 15 is 0 Å². The molecule has 1 saturated heterocycles. The molecule has 2 heterocycles. The number of hydrogen-bond acceptors (Lipinski definition) is 7. The summed E-state index contributed by atoms with van der Waals surface area (Å²) in [7, 11) is -4.00. The number of ether oxygens (including phenoxy) is 1. The van der Waals surface area contributed by atoms with Gasteiger partial charge >= 0.3 is 0 Å². The summed E-state index contributed by atoms with van der Waals surface area (Å²) in [5.41, 5.74) is 3.02. The highest BCUT2D eigenvalue weighted by molar-refractivity contribution is 7.89. The average molecular weight is 485 g/mol. The third-order valence-electron chi connectivity index (χ3n) is 5.59. The predicted octanol–water partition coefficient (Wildman–Crippen LogP) is 1.51. The number of pyridine rings is 1. The number of nitrogens with one attached hydrogen (secondary N) is 2. The SMILES string of the molecule is Cc1cc(COc2ccc(S(=O)(=O)NC3(CC(=O)NO)CN(C=O)C3)cc2)c2ccccc2n1. The molecule has 3 N–H and O–H groups in total. The number of para-hydroxylation sites is 1. The Morgan fingerprint density at radius 2 is 1.91 bits per heavy atom. The summed E-state index contributed by atoms with van der Waals surface area (Å²) in [4.78, 5) is 28.4. The van der Waals surface area contributed by atoms with Gasteiger partial charge in [0.05, 0.1) is 22.4 Å². The first-order valence-electron chi connectivity index (χ1n) is 10.5. The second-order valence-corrected chi connectivity index (χ2v) is 9.99. The fourth-order valence-electron chi connectivity index (χ4n) is 4.10.